The van der Waals surface area contributed by atoms with Gasteiger partial charge in [0.25, 0.3) is 0 Å². The number of nitrogens with one attached hydrogen (secondary N) is 1. The van der Waals surface area contributed by atoms with Crippen molar-refractivity contribution in [3.63, 3.8) is 0 Å². The minimum atomic E-state index is -0.188. The van der Waals surface area contributed by atoms with Crippen LogP contribution in [0.4, 0.5) is 0 Å². The average molecular weight is 221 g/mol. The normalized spacial score (nSPS) is 25.4. The van der Waals surface area contributed by atoms with Crippen LogP contribution in [0.5, 0.6) is 5.75 Å². The minimum Gasteiger partial charge on any atom is -0.497 e. The highest BCUT2D eigenvalue weighted by atomic mass is 16.5. The Balaban J connectivity index is 2.31. The molecule has 3 nitrogen and oxygen atoms in total. The highest BCUT2D eigenvalue weighted by Crippen LogP contribution is 2.33. The van der Waals surface area contributed by atoms with E-state index in [0.29, 0.717) is 0 Å². The maximum absolute atomic E-state index is 5.75. The first kappa shape index (κ1) is 11.4. The maximum atomic E-state index is 5.75. The van der Waals surface area contributed by atoms with Crippen molar-refractivity contribution < 1.29 is 9.47 Å². The van der Waals surface area contributed by atoms with Crippen LogP contribution in [0.15, 0.2) is 24.3 Å². The van der Waals surface area contributed by atoms with Gasteiger partial charge in [-0.2, -0.15) is 0 Å². The molecule has 0 amide bonds. The van der Waals surface area contributed by atoms with Crippen LogP contribution in [0.2, 0.25) is 0 Å². The molecule has 0 aromatic heterocycles. The molecule has 1 aromatic carbocycles. The molecule has 1 atom stereocenters. The molecule has 3 heteroatoms. The van der Waals surface area contributed by atoms with Gasteiger partial charge in [0, 0.05) is 13.7 Å². The number of hydrogen-bond acceptors (Lipinski definition) is 3. The highest BCUT2D eigenvalue weighted by Gasteiger charge is 2.33. The van der Waals surface area contributed by atoms with Gasteiger partial charge in [0.1, 0.15) is 11.4 Å². The second-order valence-corrected chi connectivity index (χ2v) is 4.21. The first-order valence-corrected chi connectivity index (χ1v) is 5.71. The Morgan fingerprint density at radius 2 is 2.19 bits per heavy atom. The highest BCUT2D eigenvalue weighted by molar-refractivity contribution is 5.33. The summed E-state index contributed by atoms with van der Waals surface area (Å²) in [4.78, 5) is 0. The van der Waals surface area contributed by atoms with E-state index in [4.69, 9.17) is 9.47 Å². The van der Waals surface area contributed by atoms with Crippen molar-refractivity contribution in [2.24, 2.45) is 0 Å². The fourth-order valence-electron chi connectivity index (χ4n) is 2.32. The molecule has 0 aliphatic carbocycles. The summed E-state index contributed by atoms with van der Waals surface area (Å²) in [5.74, 6) is 0.888. The summed E-state index contributed by atoms with van der Waals surface area (Å²) >= 11 is 0. The van der Waals surface area contributed by atoms with Crippen LogP contribution >= 0.6 is 0 Å². The Morgan fingerprint density at radius 3 is 2.81 bits per heavy atom. The molecule has 1 aromatic rings. The lowest BCUT2D eigenvalue weighted by Gasteiger charge is -2.37. The molecule has 1 saturated heterocycles. The van der Waals surface area contributed by atoms with Crippen LogP contribution in [-0.4, -0.2) is 27.3 Å². The summed E-state index contributed by atoms with van der Waals surface area (Å²) in [6.45, 7) is 1.95. The third-order valence-electron chi connectivity index (χ3n) is 3.33. The summed E-state index contributed by atoms with van der Waals surface area (Å²) in [5.41, 5.74) is 1.01. The molecule has 0 radical (unpaired) electrons. The van der Waals surface area contributed by atoms with Crippen molar-refractivity contribution in [3.8, 4) is 5.75 Å². The number of ether oxygens (including phenoxy) is 2. The smallest absolute Gasteiger partial charge is 0.119 e. The number of piperidine rings is 1. The van der Waals surface area contributed by atoms with Crippen molar-refractivity contribution >= 4 is 0 Å². The molecule has 1 unspecified atom stereocenters. The molecule has 2 rings (SSSR count). The molecule has 0 bridgehead atoms. The summed E-state index contributed by atoms with van der Waals surface area (Å²) in [7, 11) is 3.48. The second-order valence-electron chi connectivity index (χ2n) is 4.21. The zero-order chi connectivity index (χ0) is 11.4. The second kappa shape index (κ2) is 4.85. The predicted octanol–water partition coefficient (Wildman–Crippen LogP) is 1.92. The van der Waals surface area contributed by atoms with Gasteiger partial charge < -0.3 is 14.8 Å². The van der Waals surface area contributed by atoms with Crippen molar-refractivity contribution in [1.29, 1.82) is 0 Å². The van der Waals surface area contributed by atoms with Crippen molar-refractivity contribution in [3.05, 3.63) is 29.8 Å². The van der Waals surface area contributed by atoms with Gasteiger partial charge in [-0.05, 0) is 37.1 Å². The van der Waals surface area contributed by atoms with E-state index in [1.165, 1.54) is 5.56 Å². The standard InChI is InChI=1S/C13H19NO2/c1-15-12-6-3-5-11(9-12)13(16-2)7-4-8-14-10-13/h3,5-6,9,14H,4,7-8,10H2,1-2H3. The van der Waals surface area contributed by atoms with E-state index < -0.39 is 0 Å². The van der Waals surface area contributed by atoms with Crippen LogP contribution < -0.4 is 10.1 Å². The van der Waals surface area contributed by atoms with Crippen LogP contribution in [0.3, 0.4) is 0 Å². The van der Waals surface area contributed by atoms with Crippen LogP contribution in [0.25, 0.3) is 0 Å². The van der Waals surface area contributed by atoms with Gasteiger partial charge in [0.05, 0.1) is 7.11 Å². The summed E-state index contributed by atoms with van der Waals surface area (Å²) in [5, 5.41) is 3.40. The molecule has 1 N–H and O–H groups in total. The van der Waals surface area contributed by atoms with Crippen LogP contribution in [0.1, 0.15) is 18.4 Å². The van der Waals surface area contributed by atoms with Crippen LogP contribution in [-0.2, 0) is 10.3 Å². The molecular weight excluding hydrogens is 202 g/mol. The fourth-order valence-corrected chi connectivity index (χ4v) is 2.32. The first-order chi connectivity index (χ1) is 7.80. The SMILES string of the molecule is COc1cccc(C2(OC)CCCNC2)c1. The van der Waals surface area contributed by atoms with Crippen molar-refractivity contribution in [2.75, 3.05) is 27.3 Å². The Bertz CT molecular complexity index is 346. The van der Waals surface area contributed by atoms with E-state index in [2.05, 4.69) is 17.4 Å². The lowest BCUT2D eigenvalue weighted by molar-refractivity contribution is -0.0334. The Kier molecular flexibility index (Phi) is 3.46. The molecular formula is C13H19NO2. The summed E-state index contributed by atoms with van der Waals surface area (Å²) < 4.78 is 11.0. The zero-order valence-corrected chi connectivity index (χ0v) is 9.95. The van der Waals surface area contributed by atoms with Crippen LogP contribution in [0, 0.1) is 0 Å². The van der Waals surface area contributed by atoms with Gasteiger partial charge in [-0.1, -0.05) is 12.1 Å². The zero-order valence-electron chi connectivity index (χ0n) is 9.95. The summed E-state index contributed by atoms with van der Waals surface area (Å²) in [6.07, 6.45) is 2.20. The molecule has 88 valence electrons. The van der Waals surface area contributed by atoms with Crippen molar-refractivity contribution in [1.82, 2.24) is 5.32 Å². The number of methoxy groups -OCH3 is 2. The Hall–Kier alpha value is -1.06. The third-order valence-corrected chi connectivity index (χ3v) is 3.33. The van der Waals surface area contributed by atoms with E-state index in [-0.39, 0.29) is 5.60 Å². The number of hydrogen-bond donors (Lipinski definition) is 1. The van der Waals surface area contributed by atoms with Gasteiger partial charge in [0.2, 0.25) is 0 Å². The summed E-state index contributed by atoms with van der Waals surface area (Å²) in [6, 6.07) is 8.15. The molecule has 1 fully saturated rings. The Morgan fingerprint density at radius 1 is 1.31 bits per heavy atom. The Labute approximate surface area is 96.8 Å². The molecule has 1 heterocycles. The lowest BCUT2D eigenvalue weighted by atomic mass is 9.86. The maximum Gasteiger partial charge on any atom is 0.119 e. The third kappa shape index (κ3) is 2.06. The first-order valence-electron chi connectivity index (χ1n) is 5.71. The largest absolute Gasteiger partial charge is 0.497 e. The average Bonchev–Trinajstić information content (AvgIpc) is 2.39. The van der Waals surface area contributed by atoms with Gasteiger partial charge in [-0.25, -0.2) is 0 Å². The van der Waals surface area contributed by atoms with E-state index in [1.807, 2.05) is 12.1 Å². The molecule has 1 aliphatic heterocycles. The number of rotatable bonds is 3. The molecule has 1 aliphatic rings. The molecule has 16 heavy (non-hydrogen) atoms. The quantitative estimate of drug-likeness (QED) is 0.846. The fraction of sp³-hybridized carbons (Fsp3) is 0.538. The van der Waals surface area contributed by atoms with E-state index in [9.17, 15) is 0 Å². The van der Waals surface area contributed by atoms with Gasteiger partial charge in [0.15, 0.2) is 0 Å². The van der Waals surface area contributed by atoms with E-state index in [0.717, 1.165) is 31.7 Å². The van der Waals surface area contributed by atoms with Gasteiger partial charge >= 0.3 is 0 Å². The lowest BCUT2D eigenvalue weighted by Crippen LogP contribution is -2.44. The molecule has 0 saturated carbocycles. The predicted molar refractivity (Wildman–Crippen MR) is 63.8 cm³/mol. The van der Waals surface area contributed by atoms with Gasteiger partial charge in [-0.15, -0.1) is 0 Å². The van der Waals surface area contributed by atoms with Crippen molar-refractivity contribution in [2.45, 2.75) is 18.4 Å². The van der Waals surface area contributed by atoms with E-state index in [1.54, 1.807) is 14.2 Å². The van der Waals surface area contributed by atoms with Gasteiger partial charge in [-0.3, -0.25) is 0 Å². The molecule has 0 spiro atoms. The minimum absolute atomic E-state index is 0.188. The topological polar surface area (TPSA) is 30.5 Å². The monoisotopic (exact) mass is 221 g/mol. The number of benzene rings is 1. The van der Waals surface area contributed by atoms with E-state index >= 15 is 0 Å².